The van der Waals surface area contributed by atoms with Gasteiger partial charge in [0.2, 0.25) is 0 Å². The maximum Gasteiger partial charge on any atom is 0.163 e. The normalized spacial score (nSPS) is 10.8. The number of aryl methyl sites for hydroxylation is 2. The summed E-state index contributed by atoms with van der Waals surface area (Å²) in [7, 11) is 0. The van der Waals surface area contributed by atoms with Crippen molar-refractivity contribution in [2.75, 3.05) is 0 Å². The monoisotopic (exact) mass is 384 g/mol. The lowest BCUT2D eigenvalue weighted by molar-refractivity contribution is 1.16. The van der Waals surface area contributed by atoms with E-state index in [-0.39, 0.29) is 0 Å². The maximum atomic E-state index is 5.99. The molecule has 0 saturated heterocycles. The zero-order valence-corrected chi connectivity index (χ0v) is 13.0. The number of halogens is 3. The molecule has 0 radical (unpaired) electrons. The van der Waals surface area contributed by atoms with E-state index in [1.807, 2.05) is 29.5 Å². The summed E-state index contributed by atoms with van der Waals surface area (Å²) in [5.74, 6) is 0.595. The average Bonchev–Trinajstić information content (AvgIpc) is 2.53. The summed E-state index contributed by atoms with van der Waals surface area (Å²) in [4.78, 5) is 10.9. The number of rotatable bonds is 1. The van der Waals surface area contributed by atoms with Gasteiger partial charge in [0.1, 0.15) is 10.3 Å². The molecular formula is C10H7Cl2IN2S. The molecule has 0 aliphatic rings. The summed E-state index contributed by atoms with van der Waals surface area (Å²) in [5, 5.41) is 0.803. The lowest BCUT2D eigenvalue weighted by Crippen LogP contribution is -1.93. The molecule has 2 aromatic heterocycles. The van der Waals surface area contributed by atoms with E-state index in [1.165, 1.54) is 9.75 Å². The van der Waals surface area contributed by atoms with Crippen molar-refractivity contribution in [2.45, 2.75) is 13.8 Å². The van der Waals surface area contributed by atoms with Crippen LogP contribution in [-0.4, -0.2) is 9.97 Å². The van der Waals surface area contributed by atoms with Gasteiger partial charge in [0.05, 0.1) is 3.57 Å². The fourth-order valence-corrected chi connectivity index (χ4v) is 2.92. The van der Waals surface area contributed by atoms with Crippen molar-refractivity contribution in [1.29, 1.82) is 0 Å². The van der Waals surface area contributed by atoms with E-state index >= 15 is 0 Å². The standard InChI is InChI=1S/C10H7Cl2IN2S/c1-4-3-6(5(2)16-4)10-14-8(11)7(13)9(12)15-10/h3H,1-2H3. The molecule has 0 atom stereocenters. The van der Waals surface area contributed by atoms with Crippen LogP contribution in [0.4, 0.5) is 0 Å². The Morgan fingerprint density at radius 3 is 2.19 bits per heavy atom. The topological polar surface area (TPSA) is 25.8 Å². The van der Waals surface area contributed by atoms with E-state index in [4.69, 9.17) is 23.2 Å². The van der Waals surface area contributed by atoms with Crippen molar-refractivity contribution in [2.24, 2.45) is 0 Å². The molecule has 16 heavy (non-hydrogen) atoms. The van der Waals surface area contributed by atoms with Crippen molar-refractivity contribution in [3.05, 3.63) is 29.7 Å². The van der Waals surface area contributed by atoms with E-state index in [1.54, 1.807) is 11.3 Å². The van der Waals surface area contributed by atoms with Gasteiger partial charge in [0.15, 0.2) is 5.82 Å². The van der Waals surface area contributed by atoms with Crippen LogP contribution in [0.5, 0.6) is 0 Å². The maximum absolute atomic E-state index is 5.99. The molecule has 0 N–H and O–H groups in total. The third kappa shape index (κ3) is 2.34. The zero-order valence-electron chi connectivity index (χ0n) is 8.51. The van der Waals surface area contributed by atoms with Crippen LogP contribution in [0.25, 0.3) is 11.4 Å². The highest BCUT2D eigenvalue weighted by Crippen LogP contribution is 2.31. The zero-order chi connectivity index (χ0) is 11.9. The van der Waals surface area contributed by atoms with E-state index in [0.29, 0.717) is 19.7 Å². The van der Waals surface area contributed by atoms with Gasteiger partial charge in [-0.15, -0.1) is 11.3 Å². The van der Waals surface area contributed by atoms with Crippen LogP contribution in [-0.2, 0) is 0 Å². The molecule has 6 heteroatoms. The minimum absolute atomic E-state index is 0.402. The fraction of sp³-hybridized carbons (Fsp3) is 0.200. The van der Waals surface area contributed by atoms with Crippen LogP contribution in [0.3, 0.4) is 0 Å². The Balaban J connectivity index is 2.61. The predicted octanol–water partition coefficient (Wildman–Crippen LogP) is 4.73. The highest BCUT2D eigenvalue weighted by atomic mass is 127. The van der Waals surface area contributed by atoms with Crippen molar-refractivity contribution in [1.82, 2.24) is 9.97 Å². The Morgan fingerprint density at radius 1 is 1.19 bits per heavy atom. The van der Waals surface area contributed by atoms with E-state index in [9.17, 15) is 0 Å². The van der Waals surface area contributed by atoms with Crippen LogP contribution in [0.2, 0.25) is 10.3 Å². The van der Waals surface area contributed by atoms with E-state index < -0.39 is 0 Å². The summed E-state index contributed by atoms with van der Waals surface area (Å²) in [6.45, 7) is 4.09. The summed E-state index contributed by atoms with van der Waals surface area (Å²) < 4.78 is 0.689. The van der Waals surface area contributed by atoms with Crippen LogP contribution in [0, 0.1) is 17.4 Å². The quantitative estimate of drug-likeness (QED) is 0.524. The lowest BCUT2D eigenvalue weighted by atomic mass is 10.2. The first kappa shape index (κ1) is 12.5. The summed E-state index contributed by atoms with van der Waals surface area (Å²) in [6.07, 6.45) is 0. The van der Waals surface area contributed by atoms with Crippen molar-refractivity contribution < 1.29 is 0 Å². The minimum atomic E-state index is 0.402. The minimum Gasteiger partial charge on any atom is -0.215 e. The number of hydrogen-bond donors (Lipinski definition) is 0. The largest absolute Gasteiger partial charge is 0.215 e. The van der Waals surface area contributed by atoms with Gasteiger partial charge in [-0.25, -0.2) is 9.97 Å². The first-order valence-corrected chi connectivity index (χ1v) is 7.10. The molecule has 2 heterocycles. The highest BCUT2D eigenvalue weighted by molar-refractivity contribution is 14.1. The lowest BCUT2D eigenvalue weighted by Gasteiger charge is -2.02. The Labute approximate surface area is 121 Å². The SMILES string of the molecule is Cc1cc(-c2nc(Cl)c(I)c(Cl)n2)c(C)s1. The van der Waals surface area contributed by atoms with Crippen LogP contribution in [0.1, 0.15) is 9.75 Å². The van der Waals surface area contributed by atoms with Gasteiger partial charge in [-0.05, 0) is 42.5 Å². The molecule has 0 unspecified atom stereocenters. The van der Waals surface area contributed by atoms with E-state index in [2.05, 4.69) is 23.0 Å². The molecule has 2 aromatic rings. The molecule has 2 rings (SSSR count). The smallest absolute Gasteiger partial charge is 0.163 e. The fourth-order valence-electron chi connectivity index (χ4n) is 1.37. The molecule has 0 bridgehead atoms. The molecular weight excluding hydrogens is 378 g/mol. The van der Waals surface area contributed by atoms with Gasteiger partial charge < -0.3 is 0 Å². The number of aromatic nitrogens is 2. The predicted molar refractivity (Wildman–Crippen MR) is 77.6 cm³/mol. The number of nitrogens with zero attached hydrogens (tertiary/aromatic N) is 2. The van der Waals surface area contributed by atoms with Crippen molar-refractivity contribution >= 4 is 57.1 Å². The molecule has 0 aliphatic heterocycles. The molecule has 0 saturated carbocycles. The molecule has 84 valence electrons. The molecule has 0 fully saturated rings. The Hall–Kier alpha value is 0.0900. The third-order valence-electron chi connectivity index (χ3n) is 2.05. The first-order chi connectivity index (χ1) is 7.49. The van der Waals surface area contributed by atoms with Crippen LogP contribution >= 0.6 is 57.1 Å². The van der Waals surface area contributed by atoms with Gasteiger partial charge in [-0.2, -0.15) is 0 Å². The Kier molecular flexibility index (Phi) is 3.73. The summed E-state index contributed by atoms with van der Waals surface area (Å²) >= 11 is 15.7. The van der Waals surface area contributed by atoms with Crippen molar-refractivity contribution in [3.63, 3.8) is 0 Å². The molecule has 0 amide bonds. The van der Waals surface area contributed by atoms with Gasteiger partial charge in [0, 0.05) is 15.3 Å². The van der Waals surface area contributed by atoms with Gasteiger partial charge in [0.25, 0.3) is 0 Å². The molecule has 0 spiro atoms. The summed E-state index contributed by atoms with van der Waals surface area (Å²) in [6, 6.07) is 2.05. The Bertz CT molecular complexity index is 531. The number of hydrogen-bond acceptors (Lipinski definition) is 3. The Morgan fingerprint density at radius 2 is 1.75 bits per heavy atom. The molecule has 2 nitrogen and oxygen atoms in total. The van der Waals surface area contributed by atoms with Gasteiger partial charge in [-0.3, -0.25) is 0 Å². The van der Waals surface area contributed by atoms with E-state index in [0.717, 1.165) is 5.56 Å². The van der Waals surface area contributed by atoms with Crippen LogP contribution < -0.4 is 0 Å². The van der Waals surface area contributed by atoms with Gasteiger partial charge in [-0.1, -0.05) is 23.2 Å². The van der Waals surface area contributed by atoms with Crippen molar-refractivity contribution in [3.8, 4) is 11.4 Å². The third-order valence-corrected chi connectivity index (χ3v) is 5.22. The number of thiophene rings is 1. The molecule has 0 aromatic carbocycles. The van der Waals surface area contributed by atoms with Crippen LogP contribution in [0.15, 0.2) is 6.07 Å². The second-order valence-corrected chi connectivity index (χ2v) is 6.52. The molecule has 0 aliphatic carbocycles. The average molecular weight is 385 g/mol. The summed E-state index contributed by atoms with van der Waals surface area (Å²) in [5.41, 5.74) is 1.00. The second-order valence-electron chi connectivity index (χ2n) is 3.27. The van der Waals surface area contributed by atoms with Gasteiger partial charge >= 0.3 is 0 Å². The second kappa shape index (κ2) is 4.76. The highest BCUT2D eigenvalue weighted by Gasteiger charge is 2.13. The first-order valence-electron chi connectivity index (χ1n) is 4.45.